The van der Waals surface area contributed by atoms with E-state index in [0.717, 1.165) is 27.8 Å². The van der Waals surface area contributed by atoms with Crippen LogP contribution in [0.5, 0.6) is 0 Å². The van der Waals surface area contributed by atoms with Crippen LogP contribution in [0, 0.1) is 12.7 Å². The first-order valence-electron chi connectivity index (χ1n) is 11.9. The predicted molar refractivity (Wildman–Crippen MR) is 134 cm³/mol. The third-order valence-electron chi connectivity index (χ3n) is 6.32. The number of furan rings is 1. The van der Waals surface area contributed by atoms with E-state index in [2.05, 4.69) is 32.3 Å². The zero-order valence-electron chi connectivity index (χ0n) is 20.2. The number of nitrogens with one attached hydrogen (secondary N) is 1. The molecule has 36 heavy (non-hydrogen) atoms. The minimum Gasteiger partial charge on any atom is -0.467 e. The third kappa shape index (κ3) is 5.11. The van der Waals surface area contributed by atoms with Crippen LogP contribution in [-0.2, 0) is 19.6 Å². The number of fused-ring (bicyclic) bond motifs is 1. The molecule has 0 radical (unpaired) electrons. The average molecular weight is 487 g/mol. The van der Waals surface area contributed by atoms with Gasteiger partial charge in [-0.15, -0.1) is 5.10 Å². The Hall–Kier alpha value is -4.11. The Balaban J connectivity index is 1.52. The molecule has 0 aliphatic carbocycles. The number of nitrogens with zero attached hydrogens (tertiary/aromatic N) is 5. The lowest BCUT2D eigenvalue weighted by Gasteiger charge is -2.30. The molecule has 184 valence electrons. The van der Waals surface area contributed by atoms with Gasteiger partial charge in [-0.05, 0) is 76.7 Å². The van der Waals surface area contributed by atoms with Crippen LogP contribution in [-0.4, -0.2) is 30.1 Å². The van der Waals surface area contributed by atoms with Crippen molar-refractivity contribution >= 4 is 10.9 Å². The molecular weight excluding hydrogens is 459 g/mol. The number of H-pyrrole nitrogens is 1. The van der Waals surface area contributed by atoms with Crippen molar-refractivity contribution in [1.29, 1.82) is 0 Å². The van der Waals surface area contributed by atoms with Crippen LogP contribution in [0.25, 0.3) is 10.9 Å². The van der Waals surface area contributed by atoms with E-state index >= 15 is 0 Å². The van der Waals surface area contributed by atoms with Gasteiger partial charge in [-0.3, -0.25) is 9.69 Å². The summed E-state index contributed by atoms with van der Waals surface area (Å²) in [7, 11) is 0. The van der Waals surface area contributed by atoms with Gasteiger partial charge in [0.2, 0.25) is 0 Å². The number of aromatic nitrogens is 5. The van der Waals surface area contributed by atoms with E-state index in [1.807, 2.05) is 43.3 Å². The number of benzene rings is 2. The van der Waals surface area contributed by atoms with Crippen LogP contribution in [0.2, 0.25) is 0 Å². The van der Waals surface area contributed by atoms with Crippen molar-refractivity contribution < 1.29 is 8.81 Å². The van der Waals surface area contributed by atoms with Gasteiger partial charge in [-0.2, -0.15) is 0 Å². The molecule has 0 fully saturated rings. The van der Waals surface area contributed by atoms with Crippen molar-refractivity contribution in [2.24, 2.45) is 0 Å². The Labute approximate surface area is 207 Å². The highest BCUT2D eigenvalue weighted by atomic mass is 19.1. The van der Waals surface area contributed by atoms with Crippen LogP contribution in [0.3, 0.4) is 0 Å². The number of hydrogen-bond acceptors (Lipinski definition) is 6. The molecule has 0 spiro atoms. The number of aromatic amines is 1. The molecule has 5 rings (SSSR count). The second-order valence-electron chi connectivity index (χ2n) is 8.94. The maximum atomic E-state index is 13.6. The molecule has 8 nitrogen and oxygen atoms in total. The molecule has 5 aromatic rings. The second-order valence-corrected chi connectivity index (χ2v) is 8.94. The number of halogens is 1. The first kappa shape index (κ1) is 23.6. The summed E-state index contributed by atoms with van der Waals surface area (Å²) in [6.07, 6.45) is 2.31. The van der Waals surface area contributed by atoms with Gasteiger partial charge in [0.15, 0.2) is 5.82 Å². The summed E-state index contributed by atoms with van der Waals surface area (Å²) in [4.78, 5) is 18.2. The van der Waals surface area contributed by atoms with E-state index in [0.29, 0.717) is 37.4 Å². The Morgan fingerprint density at radius 2 is 1.94 bits per heavy atom. The van der Waals surface area contributed by atoms with Crippen molar-refractivity contribution in [1.82, 2.24) is 30.1 Å². The SMILES string of the molecule is CC[C@@H](c1nnnn1Cc1ccco1)N(Cc1ccc(F)cc1)Cc1cc2ccc(C)cc2[nH]c1=O. The Bertz CT molecular complexity index is 1510. The Kier molecular flexibility index (Phi) is 6.73. The molecule has 3 heterocycles. The summed E-state index contributed by atoms with van der Waals surface area (Å²) >= 11 is 0. The first-order chi connectivity index (χ1) is 17.5. The number of hydrogen-bond donors (Lipinski definition) is 1. The number of rotatable bonds is 9. The predicted octanol–water partition coefficient (Wildman–Crippen LogP) is 4.76. The largest absolute Gasteiger partial charge is 0.467 e. The van der Waals surface area contributed by atoms with Crippen LogP contribution < -0.4 is 5.56 Å². The fourth-order valence-electron chi connectivity index (χ4n) is 4.51. The van der Waals surface area contributed by atoms with Gasteiger partial charge in [-0.1, -0.05) is 31.2 Å². The van der Waals surface area contributed by atoms with Crippen molar-refractivity contribution in [2.45, 2.75) is 45.9 Å². The standard InChI is InChI=1S/C27H27FN6O2/c1-3-25(26-30-31-32-34(26)17-23-5-4-12-36-23)33(15-19-7-10-22(28)11-8-19)16-21-14-20-9-6-18(2)13-24(20)29-27(21)35/h4-14,25H,3,15-17H2,1-2H3,(H,29,35)/t25-/m0/s1. The van der Waals surface area contributed by atoms with Crippen molar-refractivity contribution in [3.05, 3.63) is 111 Å². The summed E-state index contributed by atoms with van der Waals surface area (Å²) in [6, 6.07) is 17.8. The van der Waals surface area contributed by atoms with E-state index in [1.165, 1.54) is 12.1 Å². The fourth-order valence-corrected chi connectivity index (χ4v) is 4.51. The normalized spacial score (nSPS) is 12.4. The summed E-state index contributed by atoms with van der Waals surface area (Å²) < 4.78 is 20.8. The fraction of sp³-hybridized carbons (Fsp3) is 0.259. The molecule has 0 unspecified atom stereocenters. The molecule has 3 aromatic heterocycles. The van der Waals surface area contributed by atoms with E-state index in [4.69, 9.17) is 4.42 Å². The Morgan fingerprint density at radius 1 is 1.11 bits per heavy atom. The summed E-state index contributed by atoms with van der Waals surface area (Å²) in [5, 5.41) is 13.4. The molecule has 0 bridgehead atoms. The molecule has 0 amide bonds. The van der Waals surface area contributed by atoms with Gasteiger partial charge in [0.25, 0.3) is 5.56 Å². The lowest BCUT2D eigenvalue weighted by atomic mass is 10.1. The topological polar surface area (TPSA) is 92.8 Å². The van der Waals surface area contributed by atoms with Gasteiger partial charge >= 0.3 is 0 Å². The van der Waals surface area contributed by atoms with Crippen LogP contribution in [0.1, 0.15) is 47.7 Å². The van der Waals surface area contributed by atoms with Gasteiger partial charge in [0.05, 0.1) is 12.3 Å². The lowest BCUT2D eigenvalue weighted by molar-refractivity contribution is 0.161. The van der Waals surface area contributed by atoms with E-state index in [1.54, 1.807) is 23.1 Å². The van der Waals surface area contributed by atoms with Crippen molar-refractivity contribution in [2.75, 3.05) is 0 Å². The van der Waals surface area contributed by atoms with Gasteiger partial charge < -0.3 is 9.40 Å². The lowest BCUT2D eigenvalue weighted by Crippen LogP contribution is -2.32. The van der Waals surface area contributed by atoms with Crippen LogP contribution in [0.15, 0.2) is 76.1 Å². The quantitative estimate of drug-likeness (QED) is 0.323. The summed E-state index contributed by atoms with van der Waals surface area (Å²) in [6.45, 7) is 5.29. The molecule has 2 aromatic carbocycles. The van der Waals surface area contributed by atoms with Crippen molar-refractivity contribution in [3.63, 3.8) is 0 Å². The van der Waals surface area contributed by atoms with Gasteiger partial charge in [0.1, 0.15) is 18.1 Å². The monoisotopic (exact) mass is 486 g/mol. The first-order valence-corrected chi connectivity index (χ1v) is 11.9. The van der Waals surface area contributed by atoms with Crippen molar-refractivity contribution in [3.8, 4) is 0 Å². The van der Waals surface area contributed by atoms with Gasteiger partial charge in [0, 0.05) is 24.2 Å². The molecule has 0 saturated carbocycles. The number of pyridine rings is 1. The minimum atomic E-state index is -0.291. The molecule has 9 heteroatoms. The second kappa shape index (κ2) is 10.2. The molecule has 0 aliphatic heterocycles. The highest BCUT2D eigenvalue weighted by Gasteiger charge is 2.26. The zero-order chi connectivity index (χ0) is 25.1. The summed E-state index contributed by atoms with van der Waals surface area (Å²) in [5.41, 5.74) is 3.31. The van der Waals surface area contributed by atoms with Gasteiger partial charge in [-0.25, -0.2) is 9.07 Å². The molecule has 1 atom stereocenters. The Morgan fingerprint density at radius 3 is 2.69 bits per heavy atom. The number of tetrazole rings is 1. The smallest absolute Gasteiger partial charge is 0.252 e. The summed E-state index contributed by atoms with van der Waals surface area (Å²) in [5.74, 6) is 1.12. The average Bonchev–Trinajstić information content (AvgIpc) is 3.54. The molecule has 1 N–H and O–H groups in total. The van der Waals surface area contributed by atoms with Crippen LogP contribution in [0.4, 0.5) is 4.39 Å². The molecular formula is C27H27FN6O2. The highest BCUT2D eigenvalue weighted by molar-refractivity contribution is 5.79. The van der Waals surface area contributed by atoms with E-state index in [-0.39, 0.29) is 17.4 Å². The highest BCUT2D eigenvalue weighted by Crippen LogP contribution is 2.27. The number of aryl methyl sites for hydroxylation is 1. The van der Waals surface area contributed by atoms with E-state index < -0.39 is 0 Å². The van der Waals surface area contributed by atoms with Crippen LogP contribution >= 0.6 is 0 Å². The van der Waals surface area contributed by atoms with E-state index in [9.17, 15) is 9.18 Å². The maximum absolute atomic E-state index is 13.6. The zero-order valence-corrected chi connectivity index (χ0v) is 20.2. The third-order valence-corrected chi connectivity index (χ3v) is 6.32. The molecule has 0 aliphatic rings. The molecule has 0 saturated heterocycles. The minimum absolute atomic E-state index is 0.137. The maximum Gasteiger partial charge on any atom is 0.252 e.